The van der Waals surface area contributed by atoms with Crippen molar-refractivity contribution >= 4 is 23.8 Å². The van der Waals surface area contributed by atoms with Crippen LogP contribution in [-0.2, 0) is 27.2 Å². The minimum atomic E-state index is -0.807. The van der Waals surface area contributed by atoms with E-state index in [-0.39, 0.29) is 5.91 Å². The number of carbonyl (C=O) groups excluding carboxylic acids is 2. The number of carbonyl (C=O) groups is 2. The first-order valence-electron chi connectivity index (χ1n) is 7.39. The highest BCUT2D eigenvalue weighted by Gasteiger charge is 2.39. The molecule has 0 saturated heterocycles. The van der Waals surface area contributed by atoms with Crippen LogP contribution in [0.15, 0.2) is 17.0 Å². The number of hydrogen-bond acceptors (Lipinski definition) is 4. The Morgan fingerprint density at radius 2 is 2.00 bits per heavy atom. The highest BCUT2D eigenvalue weighted by atomic mass is 32.2. The Kier molecular flexibility index (Phi) is 3.93. The summed E-state index contributed by atoms with van der Waals surface area (Å²) in [6.45, 7) is 2.05. The number of ether oxygens (including phenoxy) is 1. The van der Waals surface area contributed by atoms with Crippen LogP contribution in [0.5, 0.6) is 0 Å². The molecule has 2 aliphatic rings. The average Bonchev–Trinajstić information content (AvgIpc) is 2.47. The lowest BCUT2D eigenvalue weighted by Gasteiger charge is -2.31. The molecule has 1 aliphatic carbocycles. The number of esters is 1. The summed E-state index contributed by atoms with van der Waals surface area (Å²) in [7, 11) is 1.71. The first-order valence-corrected chi connectivity index (χ1v) is 8.17. The van der Waals surface area contributed by atoms with Gasteiger partial charge in [-0.1, -0.05) is 6.07 Å². The maximum Gasteiger partial charge on any atom is 0.323 e. The summed E-state index contributed by atoms with van der Waals surface area (Å²) in [5.74, 6) is -1.44. The van der Waals surface area contributed by atoms with Gasteiger partial charge in [0.25, 0.3) is 5.91 Å². The lowest BCUT2D eigenvalue weighted by Crippen LogP contribution is -2.36. The second kappa shape index (κ2) is 5.72. The predicted molar refractivity (Wildman–Crippen MR) is 81.1 cm³/mol. The number of likely N-dealkylation sites (N-methyl/N-ethyl adjacent to an activating group) is 1. The molecule has 0 bridgehead atoms. The van der Waals surface area contributed by atoms with Crippen LogP contribution in [-0.4, -0.2) is 29.8 Å². The Hall–Kier alpha value is -1.49. The third-order valence-electron chi connectivity index (χ3n) is 4.10. The monoisotopic (exact) mass is 305 g/mol. The first-order chi connectivity index (χ1) is 10.1. The molecule has 1 amide bonds. The Morgan fingerprint density at radius 3 is 2.67 bits per heavy atom. The summed E-state index contributed by atoms with van der Waals surface area (Å²) >= 11 is 1.41. The van der Waals surface area contributed by atoms with Gasteiger partial charge >= 0.3 is 5.97 Å². The molecule has 0 fully saturated rings. The fourth-order valence-corrected chi connectivity index (χ4v) is 4.02. The molecule has 1 heterocycles. The van der Waals surface area contributed by atoms with Crippen molar-refractivity contribution in [2.24, 2.45) is 0 Å². The molecule has 1 atom stereocenters. The molecule has 1 aromatic carbocycles. The predicted octanol–water partition coefficient (Wildman–Crippen LogP) is 2.69. The number of amides is 1. The maximum atomic E-state index is 12.4. The zero-order valence-electron chi connectivity index (χ0n) is 12.3. The molecule has 1 aliphatic heterocycles. The molecule has 0 radical (unpaired) electrons. The molecule has 3 rings (SSSR count). The second-order valence-corrected chi connectivity index (χ2v) is 6.65. The molecule has 112 valence electrons. The lowest BCUT2D eigenvalue weighted by molar-refractivity contribution is -0.149. The molecule has 1 unspecified atom stereocenters. The van der Waals surface area contributed by atoms with Gasteiger partial charge in [-0.2, -0.15) is 0 Å². The minimum absolute atomic E-state index is 0.193. The first kappa shape index (κ1) is 14.4. The van der Waals surface area contributed by atoms with Crippen LogP contribution in [0.1, 0.15) is 42.4 Å². The molecule has 0 aromatic heterocycles. The zero-order valence-corrected chi connectivity index (χ0v) is 13.2. The Labute approximate surface area is 129 Å². The van der Waals surface area contributed by atoms with Gasteiger partial charge < -0.3 is 4.74 Å². The van der Waals surface area contributed by atoms with Crippen LogP contribution < -0.4 is 0 Å². The van der Waals surface area contributed by atoms with E-state index in [4.69, 9.17) is 4.74 Å². The molecule has 4 nitrogen and oxygen atoms in total. The second-order valence-electron chi connectivity index (χ2n) is 5.48. The van der Waals surface area contributed by atoms with E-state index in [1.54, 1.807) is 18.3 Å². The quantitative estimate of drug-likeness (QED) is 0.479. The van der Waals surface area contributed by atoms with Gasteiger partial charge in [-0.15, -0.1) is 0 Å². The number of hydrogen-bond donors (Lipinski definition) is 0. The molecule has 21 heavy (non-hydrogen) atoms. The SMILES string of the molecule is CCOC(=O)C1C(=O)N(C)Sc2cc3c(cc21)CCCC3. The Bertz CT molecular complexity index is 599. The van der Waals surface area contributed by atoms with Gasteiger partial charge in [0.15, 0.2) is 5.92 Å². The molecular formula is C16H19NO3S. The molecule has 0 spiro atoms. The van der Waals surface area contributed by atoms with Gasteiger partial charge in [0.2, 0.25) is 0 Å². The van der Waals surface area contributed by atoms with Gasteiger partial charge in [-0.25, -0.2) is 0 Å². The van der Waals surface area contributed by atoms with Crippen LogP contribution >= 0.6 is 11.9 Å². The van der Waals surface area contributed by atoms with Crippen LogP contribution in [0.25, 0.3) is 0 Å². The summed E-state index contributed by atoms with van der Waals surface area (Å²) in [4.78, 5) is 25.6. The normalized spacial score (nSPS) is 20.8. The van der Waals surface area contributed by atoms with E-state index in [1.807, 2.05) is 0 Å². The standard InChI is InChI=1S/C16H19NO3S/c1-3-20-16(19)14-12-8-10-6-4-5-7-11(10)9-13(12)21-17(2)15(14)18/h8-9,14H,3-7H2,1-2H3. The highest BCUT2D eigenvalue weighted by molar-refractivity contribution is 7.97. The molecule has 0 N–H and O–H groups in total. The Balaban J connectivity index is 2.07. The molecule has 1 aromatic rings. The van der Waals surface area contributed by atoms with E-state index < -0.39 is 11.9 Å². The van der Waals surface area contributed by atoms with Crippen LogP contribution in [0.3, 0.4) is 0 Å². The summed E-state index contributed by atoms with van der Waals surface area (Å²) < 4.78 is 6.65. The minimum Gasteiger partial charge on any atom is -0.465 e. The van der Waals surface area contributed by atoms with Gasteiger partial charge in [-0.05, 0) is 67.3 Å². The highest BCUT2D eigenvalue weighted by Crippen LogP contribution is 2.41. The number of fused-ring (bicyclic) bond motifs is 2. The summed E-state index contributed by atoms with van der Waals surface area (Å²) in [5.41, 5.74) is 3.47. The number of nitrogens with zero attached hydrogens (tertiary/aromatic N) is 1. The topological polar surface area (TPSA) is 46.6 Å². The molecule has 5 heteroatoms. The lowest BCUT2D eigenvalue weighted by atomic mass is 9.87. The van der Waals surface area contributed by atoms with Crippen molar-refractivity contribution in [1.29, 1.82) is 0 Å². The fraction of sp³-hybridized carbons (Fsp3) is 0.500. The van der Waals surface area contributed by atoms with E-state index in [0.717, 1.165) is 23.3 Å². The van der Waals surface area contributed by atoms with Crippen LogP contribution in [0.2, 0.25) is 0 Å². The van der Waals surface area contributed by atoms with Crippen molar-refractivity contribution in [1.82, 2.24) is 4.31 Å². The van der Waals surface area contributed by atoms with E-state index >= 15 is 0 Å². The van der Waals surface area contributed by atoms with E-state index in [0.29, 0.717) is 6.61 Å². The number of aryl methyl sites for hydroxylation is 2. The van der Waals surface area contributed by atoms with Gasteiger partial charge in [-0.3, -0.25) is 13.9 Å². The van der Waals surface area contributed by atoms with E-state index in [1.165, 1.54) is 35.9 Å². The van der Waals surface area contributed by atoms with Crippen molar-refractivity contribution in [2.75, 3.05) is 13.7 Å². The average molecular weight is 305 g/mol. The number of benzene rings is 1. The van der Waals surface area contributed by atoms with Crippen LogP contribution in [0, 0.1) is 0 Å². The summed E-state index contributed by atoms with van der Waals surface area (Å²) in [6.07, 6.45) is 4.52. The molecule has 0 saturated carbocycles. The van der Waals surface area contributed by atoms with Gasteiger partial charge in [0.1, 0.15) is 0 Å². The van der Waals surface area contributed by atoms with Crippen molar-refractivity contribution in [3.8, 4) is 0 Å². The van der Waals surface area contributed by atoms with Crippen LogP contribution in [0.4, 0.5) is 0 Å². The van der Waals surface area contributed by atoms with Crippen molar-refractivity contribution < 1.29 is 14.3 Å². The third kappa shape index (κ3) is 2.55. The smallest absolute Gasteiger partial charge is 0.323 e. The van der Waals surface area contributed by atoms with Gasteiger partial charge in [0, 0.05) is 11.9 Å². The summed E-state index contributed by atoms with van der Waals surface area (Å²) in [5, 5.41) is 0. The van der Waals surface area contributed by atoms with Gasteiger partial charge in [0.05, 0.1) is 6.61 Å². The fourth-order valence-electron chi connectivity index (χ4n) is 3.05. The number of rotatable bonds is 2. The third-order valence-corrected chi connectivity index (χ3v) is 5.10. The van der Waals surface area contributed by atoms with E-state index in [9.17, 15) is 9.59 Å². The van der Waals surface area contributed by atoms with Crippen molar-refractivity contribution in [2.45, 2.75) is 43.4 Å². The van der Waals surface area contributed by atoms with E-state index in [2.05, 4.69) is 12.1 Å². The van der Waals surface area contributed by atoms with Crippen molar-refractivity contribution in [3.05, 3.63) is 28.8 Å². The molecular weight excluding hydrogens is 286 g/mol. The van der Waals surface area contributed by atoms with Crippen molar-refractivity contribution in [3.63, 3.8) is 0 Å². The largest absolute Gasteiger partial charge is 0.465 e. The summed E-state index contributed by atoms with van der Waals surface area (Å²) in [6, 6.07) is 4.22. The zero-order chi connectivity index (χ0) is 15.0. The maximum absolute atomic E-state index is 12.4. The Morgan fingerprint density at radius 1 is 1.33 bits per heavy atom.